The SMILES string of the molecule is CCC(C)(C)CNC(=O)Nc1ccc(C(C)NC)cc1. The number of amides is 2. The van der Waals surface area contributed by atoms with Crippen LogP contribution in [0.2, 0.25) is 0 Å². The lowest BCUT2D eigenvalue weighted by molar-refractivity contribution is 0.244. The number of anilines is 1. The number of hydrogen-bond donors (Lipinski definition) is 3. The predicted molar refractivity (Wildman–Crippen MR) is 85.0 cm³/mol. The average Bonchev–Trinajstić information content (AvgIpc) is 2.45. The highest BCUT2D eigenvalue weighted by molar-refractivity contribution is 5.89. The summed E-state index contributed by atoms with van der Waals surface area (Å²) in [5, 5.41) is 8.95. The van der Waals surface area contributed by atoms with Crippen molar-refractivity contribution in [3.05, 3.63) is 29.8 Å². The van der Waals surface area contributed by atoms with E-state index in [9.17, 15) is 4.79 Å². The number of benzene rings is 1. The first-order chi connectivity index (χ1) is 9.38. The van der Waals surface area contributed by atoms with Crippen LogP contribution in [-0.4, -0.2) is 19.6 Å². The molecule has 4 heteroatoms. The Morgan fingerprint density at radius 1 is 1.25 bits per heavy atom. The van der Waals surface area contributed by atoms with Gasteiger partial charge in [0, 0.05) is 18.3 Å². The van der Waals surface area contributed by atoms with Crippen LogP contribution in [0.25, 0.3) is 0 Å². The van der Waals surface area contributed by atoms with Gasteiger partial charge in [-0.2, -0.15) is 0 Å². The van der Waals surface area contributed by atoms with E-state index < -0.39 is 0 Å². The molecule has 1 unspecified atom stereocenters. The van der Waals surface area contributed by atoms with Crippen LogP contribution >= 0.6 is 0 Å². The molecule has 4 nitrogen and oxygen atoms in total. The van der Waals surface area contributed by atoms with Crippen LogP contribution in [0.4, 0.5) is 10.5 Å². The van der Waals surface area contributed by atoms with Gasteiger partial charge in [-0.15, -0.1) is 0 Å². The van der Waals surface area contributed by atoms with Gasteiger partial charge in [-0.1, -0.05) is 32.9 Å². The minimum absolute atomic E-state index is 0.128. The van der Waals surface area contributed by atoms with Gasteiger partial charge in [0.1, 0.15) is 0 Å². The Hall–Kier alpha value is -1.55. The van der Waals surface area contributed by atoms with E-state index in [4.69, 9.17) is 0 Å². The molecule has 0 radical (unpaired) electrons. The maximum absolute atomic E-state index is 11.8. The summed E-state index contributed by atoms with van der Waals surface area (Å²) in [4.78, 5) is 11.8. The van der Waals surface area contributed by atoms with Gasteiger partial charge in [-0.3, -0.25) is 0 Å². The number of carbonyl (C=O) groups excluding carboxylic acids is 1. The lowest BCUT2D eigenvalue weighted by Gasteiger charge is -2.22. The van der Waals surface area contributed by atoms with Crippen molar-refractivity contribution in [2.75, 3.05) is 18.9 Å². The predicted octanol–water partition coefficient (Wildman–Crippen LogP) is 3.52. The molecule has 3 N–H and O–H groups in total. The summed E-state index contributed by atoms with van der Waals surface area (Å²) in [6, 6.07) is 8.05. The molecular weight excluding hydrogens is 250 g/mol. The number of carbonyl (C=O) groups is 1. The standard InChI is InChI=1S/C16H27N3O/c1-6-16(3,4)11-18-15(20)19-14-9-7-13(8-10-14)12(2)17-5/h7-10,12,17H,6,11H2,1-5H3,(H2,18,19,20). The molecule has 0 fully saturated rings. The third kappa shape index (κ3) is 5.21. The average molecular weight is 277 g/mol. The van der Waals surface area contributed by atoms with Crippen molar-refractivity contribution < 1.29 is 4.79 Å². The van der Waals surface area contributed by atoms with Gasteiger partial charge in [-0.25, -0.2) is 4.79 Å². The van der Waals surface area contributed by atoms with Gasteiger partial charge in [0.25, 0.3) is 0 Å². The number of nitrogens with one attached hydrogen (secondary N) is 3. The second kappa shape index (κ2) is 7.29. The van der Waals surface area contributed by atoms with Crippen molar-refractivity contribution in [3.8, 4) is 0 Å². The molecule has 1 rings (SSSR count). The van der Waals surface area contributed by atoms with Crippen molar-refractivity contribution in [1.29, 1.82) is 0 Å². The summed E-state index contributed by atoms with van der Waals surface area (Å²) < 4.78 is 0. The Morgan fingerprint density at radius 3 is 2.35 bits per heavy atom. The molecule has 0 bridgehead atoms. The quantitative estimate of drug-likeness (QED) is 0.745. The minimum atomic E-state index is -0.152. The summed E-state index contributed by atoms with van der Waals surface area (Å²) in [6.45, 7) is 9.18. The van der Waals surface area contributed by atoms with Crippen molar-refractivity contribution in [1.82, 2.24) is 10.6 Å². The third-order valence-electron chi connectivity index (χ3n) is 3.79. The van der Waals surface area contributed by atoms with Gasteiger partial charge in [0.2, 0.25) is 0 Å². The molecule has 0 aliphatic carbocycles. The highest BCUT2D eigenvalue weighted by Gasteiger charge is 2.16. The van der Waals surface area contributed by atoms with Crippen LogP contribution in [0.1, 0.15) is 45.7 Å². The maximum atomic E-state index is 11.8. The van der Waals surface area contributed by atoms with Crippen LogP contribution in [0.3, 0.4) is 0 Å². The Kier molecular flexibility index (Phi) is 6.02. The van der Waals surface area contributed by atoms with Gasteiger partial charge < -0.3 is 16.0 Å². The fourth-order valence-corrected chi connectivity index (χ4v) is 1.64. The van der Waals surface area contributed by atoms with Crippen LogP contribution in [0.5, 0.6) is 0 Å². The van der Waals surface area contributed by atoms with E-state index in [0.717, 1.165) is 12.1 Å². The molecule has 112 valence electrons. The van der Waals surface area contributed by atoms with Crippen molar-refractivity contribution in [2.45, 2.75) is 40.2 Å². The van der Waals surface area contributed by atoms with Crippen molar-refractivity contribution in [3.63, 3.8) is 0 Å². The largest absolute Gasteiger partial charge is 0.337 e. The topological polar surface area (TPSA) is 53.2 Å². The second-order valence-electron chi connectivity index (χ2n) is 5.96. The monoisotopic (exact) mass is 277 g/mol. The van der Waals surface area contributed by atoms with E-state index >= 15 is 0 Å². The summed E-state index contributed by atoms with van der Waals surface area (Å²) in [7, 11) is 1.93. The van der Waals surface area contributed by atoms with E-state index in [1.54, 1.807) is 0 Å². The Labute approximate surface area is 122 Å². The van der Waals surface area contributed by atoms with Crippen molar-refractivity contribution in [2.24, 2.45) is 5.41 Å². The zero-order valence-electron chi connectivity index (χ0n) is 13.2. The molecule has 0 saturated heterocycles. The highest BCUT2D eigenvalue weighted by Crippen LogP contribution is 2.18. The Bertz CT molecular complexity index is 426. The zero-order valence-corrected chi connectivity index (χ0v) is 13.2. The smallest absolute Gasteiger partial charge is 0.319 e. The molecule has 0 heterocycles. The lowest BCUT2D eigenvalue weighted by atomic mass is 9.90. The molecule has 0 spiro atoms. The van der Waals surface area contributed by atoms with E-state index in [2.05, 4.69) is 43.6 Å². The third-order valence-corrected chi connectivity index (χ3v) is 3.79. The number of rotatable bonds is 6. The molecule has 0 aromatic heterocycles. The van der Waals surface area contributed by atoms with Crippen LogP contribution < -0.4 is 16.0 Å². The zero-order chi connectivity index (χ0) is 15.2. The molecule has 0 saturated carbocycles. The fourth-order valence-electron chi connectivity index (χ4n) is 1.64. The van der Waals surface area contributed by atoms with Gasteiger partial charge in [-0.05, 0) is 43.5 Å². The first kappa shape index (κ1) is 16.5. The Balaban J connectivity index is 2.50. The van der Waals surface area contributed by atoms with Crippen molar-refractivity contribution >= 4 is 11.7 Å². The van der Waals surface area contributed by atoms with Gasteiger partial charge in [0.05, 0.1) is 0 Å². The molecule has 1 atom stereocenters. The van der Waals surface area contributed by atoms with Gasteiger partial charge >= 0.3 is 6.03 Å². The highest BCUT2D eigenvalue weighted by atomic mass is 16.2. The molecule has 1 aromatic carbocycles. The Morgan fingerprint density at radius 2 is 1.85 bits per heavy atom. The minimum Gasteiger partial charge on any atom is -0.337 e. The number of hydrogen-bond acceptors (Lipinski definition) is 2. The first-order valence-electron chi connectivity index (χ1n) is 7.20. The van der Waals surface area contributed by atoms with Crippen LogP contribution in [0.15, 0.2) is 24.3 Å². The maximum Gasteiger partial charge on any atom is 0.319 e. The normalized spacial score (nSPS) is 12.8. The van der Waals surface area contributed by atoms with Crippen LogP contribution in [0, 0.1) is 5.41 Å². The van der Waals surface area contributed by atoms with E-state index in [1.165, 1.54) is 5.56 Å². The summed E-state index contributed by atoms with van der Waals surface area (Å²) in [5.74, 6) is 0. The van der Waals surface area contributed by atoms with E-state index in [-0.39, 0.29) is 11.4 Å². The fraction of sp³-hybridized carbons (Fsp3) is 0.562. The lowest BCUT2D eigenvalue weighted by Crippen LogP contribution is -2.36. The molecule has 0 aliphatic heterocycles. The van der Waals surface area contributed by atoms with E-state index in [0.29, 0.717) is 12.6 Å². The molecule has 0 aliphatic rings. The summed E-state index contributed by atoms with van der Waals surface area (Å²) in [5.41, 5.74) is 2.14. The second-order valence-corrected chi connectivity index (χ2v) is 5.96. The number of urea groups is 1. The first-order valence-corrected chi connectivity index (χ1v) is 7.20. The summed E-state index contributed by atoms with van der Waals surface area (Å²) in [6.07, 6.45) is 1.03. The van der Waals surface area contributed by atoms with Crippen LogP contribution in [-0.2, 0) is 0 Å². The van der Waals surface area contributed by atoms with E-state index in [1.807, 2.05) is 31.3 Å². The molecule has 2 amide bonds. The molecule has 20 heavy (non-hydrogen) atoms. The summed E-state index contributed by atoms with van der Waals surface area (Å²) >= 11 is 0. The van der Waals surface area contributed by atoms with Gasteiger partial charge in [0.15, 0.2) is 0 Å². The molecular formula is C16H27N3O. The molecule has 1 aromatic rings.